The molecule has 1 saturated heterocycles. The van der Waals surface area contributed by atoms with Gasteiger partial charge >= 0.3 is 5.63 Å². The van der Waals surface area contributed by atoms with Crippen LogP contribution >= 0.6 is 11.3 Å². The Labute approximate surface area is 187 Å². The number of para-hydroxylation sites is 1. The summed E-state index contributed by atoms with van der Waals surface area (Å²) in [6.45, 7) is 3.11. The van der Waals surface area contributed by atoms with Crippen molar-refractivity contribution in [1.29, 1.82) is 0 Å². The highest BCUT2D eigenvalue weighted by atomic mass is 32.1. The number of fused-ring (bicyclic) bond motifs is 1. The second-order valence-electron chi connectivity index (χ2n) is 7.70. The fraction of sp³-hybridized carbons (Fsp3) is 0.208. The number of carbonyl (C=O) groups excluding carboxylic acids is 1. The number of benzene rings is 2. The van der Waals surface area contributed by atoms with Crippen molar-refractivity contribution in [2.24, 2.45) is 0 Å². The summed E-state index contributed by atoms with van der Waals surface area (Å²) in [6, 6.07) is 15.1. The van der Waals surface area contributed by atoms with E-state index >= 15 is 0 Å². The van der Waals surface area contributed by atoms with Crippen molar-refractivity contribution in [3.63, 3.8) is 0 Å². The molecule has 6 nitrogen and oxygen atoms in total. The Morgan fingerprint density at radius 2 is 1.81 bits per heavy atom. The van der Waals surface area contributed by atoms with Gasteiger partial charge in [-0.05, 0) is 36.4 Å². The fourth-order valence-electron chi connectivity index (χ4n) is 3.82. The number of rotatable bonds is 4. The fourth-order valence-corrected chi connectivity index (χ4v) is 4.64. The summed E-state index contributed by atoms with van der Waals surface area (Å²) in [5.41, 5.74) is 1.78. The molecular weight excluding hydrogens is 429 g/mol. The number of thiazole rings is 1. The maximum Gasteiger partial charge on any atom is 0.349 e. The van der Waals surface area contributed by atoms with E-state index in [1.54, 1.807) is 35.2 Å². The third-order valence-corrected chi connectivity index (χ3v) is 6.50. The van der Waals surface area contributed by atoms with E-state index in [1.807, 2.05) is 17.5 Å². The summed E-state index contributed by atoms with van der Waals surface area (Å²) >= 11 is 1.53. The Bertz CT molecular complexity index is 1320. The van der Waals surface area contributed by atoms with Crippen molar-refractivity contribution >= 4 is 28.2 Å². The summed E-state index contributed by atoms with van der Waals surface area (Å²) in [5, 5.41) is 3.60. The molecule has 8 heteroatoms. The SMILES string of the molecule is O=C(c1cc2ccccc2oc1=O)N1CCN(Cc2csc(-c3ccc(F)cc3)n2)CC1. The van der Waals surface area contributed by atoms with Crippen LogP contribution < -0.4 is 5.63 Å². The summed E-state index contributed by atoms with van der Waals surface area (Å²) in [5.74, 6) is -0.559. The van der Waals surface area contributed by atoms with E-state index in [0.29, 0.717) is 38.3 Å². The van der Waals surface area contributed by atoms with Crippen LogP contribution in [0.2, 0.25) is 0 Å². The van der Waals surface area contributed by atoms with Crippen molar-refractivity contribution in [2.75, 3.05) is 26.2 Å². The molecule has 1 aliphatic heterocycles. The molecule has 3 heterocycles. The molecule has 162 valence electrons. The van der Waals surface area contributed by atoms with Gasteiger partial charge in [0.05, 0.1) is 5.69 Å². The van der Waals surface area contributed by atoms with Crippen LogP contribution in [0.15, 0.2) is 69.2 Å². The lowest BCUT2D eigenvalue weighted by molar-refractivity contribution is 0.0623. The van der Waals surface area contributed by atoms with E-state index in [0.717, 1.165) is 21.7 Å². The third kappa shape index (κ3) is 4.19. The van der Waals surface area contributed by atoms with Gasteiger partial charge in [0.25, 0.3) is 5.91 Å². The Morgan fingerprint density at radius 3 is 2.59 bits per heavy atom. The number of hydrogen-bond donors (Lipinski definition) is 0. The number of nitrogens with zero attached hydrogens (tertiary/aromatic N) is 3. The van der Waals surface area contributed by atoms with Crippen LogP contribution in [0.4, 0.5) is 4.39 Å². The highest BCUT2D eigenvalue weighted by Gasteiger charge is 2.25. The molecule has 32 heavy (non-hydrogen) atoms. The summed E-state index contributed by atoms with van der Waals surface area (Å²) in [7, 11) is 0. The zero-order valence-corrected chi connectivity index (χ0v) is 18.0. The van der Waals surface area contributed by atoms with Crippen molar-refractivity contribution in [2.45, 2.75) is 6.54 Å². The Kier molecular flexibility index (Phi) is 5.55. The average molecular weight is 450 g/mol. The van der Waals surface area contributed by atoms with E-state index in [4.69, 9.17) is 4.42 Å². The lowest BCUT2D eigenvalue weighted by atomic mass is 10.1. The molecule has 0 spiro atoms. The quantitative estimate of drug-likeness (QED) is 0.441. The molecule has 4 aromatic rings. The molecule has 0 saturated carbocycles. The predicted octanol–water partition coefficient (Wildman–Crippen LogP) is 4.01. The van der Waals surface area contributed by atoms with Gasteiger partial charge in [0.15, 0.2) is 0 Å². The minimum atomic E-state index is -0.605. The molecule has 0 atom stereocenters. The number of aromatic nitrogens is 1. The highest BCUT2D eigenvalue weighted by Crippen LogP contribution is 2.25. The van der Waals surface area contributed by atoms with Crippen molar-refractivity contribution < 1.29 is 13.6 Å². The Hall–Kier alpha value is -3.36. The molecule has 0 bridgehead atoms. The minimum absolute atomic E-state index is 0.0700. The predicted molar refractivity (Wildman–Crippen MR) is 121 cm³/mol. The van der Waals surface area contributed by atoms with Crippen molar-refractivity contribution in [3.8, 4) is 10.6 Å². The average Bonchev–Trinajstić information content (AvgIpc) is 3.27. The minimum Gasteiger partial charge on any atom is -0.422 e. The molecule has 2 aromatic carbocycles. The molecule has 2 aromatic heterocycles. The van der Waals surface area contributed by atoms with Crippen LogP contribution in [-0.2, 0) is 6.54 Å². The van der Waals surface area contributed by atoms with Crippen LogP contribution in [0.5, 0.6) is 0 Å². The van der Waals surface area contributed by atoms with Gasteiger partial charge in [-0.15, -0.1) is 11.3 Å². The number of halogens is 1. The van der Waals surface area contributed by atoms with Crippen molar-refractivity contribution in [1.82, 2.24) is 14.8 Å². The van der Waals surface area contributed by atoms with Crippen LogP contribution in [0.25, 0.3) is 21.5 Å². The molecule has 0 radical (unpaired) electrons. The van der Waals surface area contributed by atoms with Gasteiger partial charge in [-0.2, -0.15) is 0 Å². The van der Waals surface area contributed by atoms with Crippen LogP contribution in [-0.4, -0.2) is 46.9 Å². The summed E-state index contributed by atoms with van der Waals surface area (Å²) in [4.78, 5) is 33.8. The maximum absolute atomic E-state index is 13.1. The maximum atomic E-state index is 13.1. The zero-order chi connectivity index (χ0) is 22.1. The standard InChI is InChI=1S/C24H20FN3O3S/c25-18-7-5-16(6-8-18)22-26-19(15-32-22)14-27-9-11-28(12-10-27)23(29)20-13-17-3-1-2-4-21(17)31-24(20)30/h1-8,13,15H,9-12,14H2. The molecule has 1 amide bonds. The van der Waals surface area contributed by atoms with E-state index < -0.39 is 5.63 Å². The first kappa shape index (κ1) is 20.5. The normalized spacial score (nSPS) is 14.7. The molecular formula is C24H20FN3O3S. The van der Waals surface area contributed by atoms with Gasteiger partial charge in [-0.1, -0.05) is 18.2 Å². The van der Waals surface area contributed by atoms with Crippen LogP contribution in [0.3, 0.4) is 0 Å². The molecule has 0 unspecified atom stereocenters. The second kappa shape index (κ2) is 8.64. The van der Waals surface area contributed by atoms with Gasteiger partial charge < -0.3 is 9.32 Å². The molecule has 5 rings (SSSR count). The van der Waals surface area contributed by atoms with Gasteiger partial charge in [0, 0.05) is 49.1 Å². The van der Waals surface area contributed by atoms with Crippen LogP contribution in [0, 0.1) is 5.82 Å². The molecule has 1 aliphatic rings. The van der Waals surface area contributed by atoms with E-state index in [2.05, 4.69) is 9.88 Å². The summed E-state index contributed by atoms with van der Waals surface area (Å²) in [6.07, 6.45) is 0. The lowest BCUT2D eigenvalue weighted by Gasteiger charge is -2.34. The lowest BCUT2D eigenvalue weighted by Crippen LogP contribution is -2.49. The van der Waals surface area contributed by atoms with Gasteiger partial charge in [-0.25, -0.2) is 14.2 Å². The number of amides is 1. The second-order valence-corrected chi connectivity index (χ2v) is 8.56. The Balaban J connectivity index is 1.22. The highest BCUT2D eigenvalue weighted by molar-refractivity contribution is 7.13. The van der Waals surface area contributed by atoms with Gasteiger partial charge in [0.2, 0.25) is 0 Å². The smallest absolute Gasteiger partial charge is 0.349 e. The number of carbonyl (C=O) groups is 1. The van der Waals surface area contributed by atoms with E-state index in [-0.39, 0.29) is 17.3 Å². The number of piperazine rings is 1. The third-order valence-electron chi connectivity index (χ3n) is 5.56. The molecule has 0 aliphatic carbocycles. The first-order valence-corrected chi connectivity index (χ1v) is 11.2. The first-order valence-electron chi connectivity index (χ1n) is 10.3. The first-order chi connectivity index (χ1) is 15.6. The zero-order valence-electron chi connectivity index (χ0n) is 17.2. The molecule has 0 N–H and O–H groups in total. The largest absolute Gasteiger partial charge is 0.422 e. The van der Waals surface area contributed by atoms with E-state index in [9.17, 15) is 14.0 Å². The Morgan fingerprint density at radius 1 is 1.06 bits per heavy atom. The van der Waals surface area contributed by atoms with Gasteiger partial charge in [-0.3, -0.25) is 9.69 Å². The monoisotopic (exact) mass is 449 g/mol. The van der Waals surface area contributed by atoms with Crippen molar-refractivity contribution in [3.05, 3.63) is 87.5 Å². The molecule has 1 fully saturated rings. The topological polar surface area (TPSA) is 66.7 Å². The van der Waals surface area contributed by atoms with Gasteiger partial charge in [0.1, 0.15) is 22.0 Å². The number of hydrogen-bond acceptors (Lipinski definition) is 6. The summed E-state index contributed by atoms with van der Waals surface area (Å²) < 4.78 is 18.4. The van der Waals surface area contributed by atoms with E-state index in [1.165, 1.54) is 23.5 Å². The van der Waals surface area contributed by atoms with Crippen LogP contribution in [0.1, 0.15) is 16.1 Å².